The quantitative estimate of drug-likeness (QED) is 0.517. The van der Waals surface area contributed by atoms with Gasteiger partial charge in [-0.1, -0.05) is 42.5 Å². The molecule has 0 aliphatic rings. The minimum atomic E-state index is -0.505. The Morgan fingerprint density at radius 1 is 0.900 bits per heavy atom. The summed E-state index contributed by atoms with van der Waals surface area (Å²) in [4.78, 5) is 24.1. The number of carbonyl (C=O) groups is 2. The van der Waals surface area contributed by atoms with E-state index in [1.807, 2.05) is 59.4 Å². The van der Waals surface area contributed by atoms with Crippen LogP contribution in [0.15, 0.2) is 91.3 Å². The van der Waals surface area contributed by atoms with Crippen LogP contribution in [0.5, 0.6) is 0 Å². The minimum absolute atomic E-state index is 0.224. The van der Waals surface area contributed by atoms with Gasteiger partial charge in [-0.25, -0.2) is 0 Å². The molecule has 0 saturated heterocycles. The fourth-order valence-corrected chi connectivity index (χ4v) is 3.22. The SMILES string of the molecule is NC(=O)c1ccc(NC(=O)c2ccccc2-c2ccc(Cn3cccn3)cc2)cc1. The standard InChI is InChI=1S/C24H20N4O2/c25-23(29)19-10-12-20(13-11-19)27-24(30)22-5-2-1-4-21(22)18-8-6-17(7-9-18)16-28-15-3-14-26-28/h1-15H,16H2,(H2,25,29)(H,27,30). The summed E-state index contributed by atoms with van der Waals surface area (Å²) >= 11 is 0. The Morgan fingerprint density at radius 3 is 2.30 bits per heavy atom. The molecule has 0 saturated carbocycles. The van der Waals surface area contributed by atoms with E-state index in [-0.39, 0.29) is 5.91 Å². The van der Waals surface area contributed by atoms with Crippen LogP contribution in [0.4, 0.5) is 5.69 Å². The van der Waals surface area contributed by atoms with Gasteiger partial charge >= 0.3 is 0 Å². The number of nitrogens with zero attached hydrogens (tertiary/aromatic N) is 2. The van der Waals surface area contributed by atoms with Gasteiger partial charge in [-0.05, 0) is 53.1 Å². The van der Waals surface area contributed by atoms with E-state index in [1.54, 1.807) is 36.5 Å². The molecule has 4 aromatic rings. The topological polar surface area (TPSA) is 90.0 Å². The van der Waals surface area contributed by atoms with Crippen LogP contribution < -0.4 is 11.1 Å². The molecule has 6 nitrogen and oxygen atoms in total. The van der Waals surface area contributed by atoms with Crippen LogP contribution in [0, 0.1) is 0 Å². The van der Waals surface area contributed by atoms with Gasteiger partial charge in [-0.3, -0.25) is 14.3 Å². The molecular weight excluding hydrogens is 376 g/mol. The number of rotatable bonds is 6. The average Bonchev–Trinajstić information content (AvgIpc) is 3.28. The number of nitrogens with two attached hydrogens (primary N) is 1. The maximum atomic E-state index is 12.9. The zero-order chi connectivity index (χ0) is 20.9. The highest BCUT2D eigenvalue weighted by molar-refractivity contribution is 6.08. The largest absolute Gasteiger partial charge is 0.366 e. The molecule has 0 aliphatic carbocycles. The third-order valence-corrected chi connectivity index (χ3v) is 4.77. The van der Waals surface area contributed by atoms with Gasteiger partial charge in [0.25, 0.3) is 5.91 Å². The molecule has 0 radical (unpaired) electrons. The Labute approximate surface area is 174 Å². The van der Waals surface area contributed by atoms with Gasteiger partial charge in [0.05, 0.1) is 6.54 Å². The number of aromatic nitrogens is 2. The second kappa shape index (κ2) is 8.45. The molecule has 0 bridgehead atoms. The molecule has 0 unspecified atom stereocenters. The number of nitrogens with one attached hydrogen (secondary N) is 1. The minimum Gasteiger partial charge on any atom is -0.366 e. The van der Waals surface area contributed by atoms with Gasteiger partial charge in [0.1, 0.15) is 0 Å². The van der Waals surface area contributed by atoms with Crippen LogP contribution >= 0.6 is 0 Å². The van der Waals surface area contributed by atoms with Crippen molar-refractivity contribution < 1.29 is 9.59 Å². The molecule has 30 heavy (non-hydrogen) atoms. The third-order valence-electron chi connectivity index (χ3n) is 4.77. The first-order valence-corrected chi connectivity index (χ1v) is 9.47. The number of hydrogen-bond acceptors (Lipinski definition) is 3. The predicted octanol–water partition coefficient (Wildman–Crippen LogP) is 3.95. The Kier molecular flexibility index (Phi) is 5.39. The van der Waals surface area contributed by atoms with Crippen LogP contribution in [-0.4, -0.2) is 21.6 Å². The van der Waals surface area contributed by atoms with Gasteiger partial charge < -0.3 is 11.1 Å². The number of benzene rings is 3. The van der Waals surface area contributed by atoms with Crippen molar-refractivity contribution in [1.82, 2.24) is 9.78 Å². The zero-order valence-electron chi connectivity index (χ0n) is 16.2. The summed E-state index contributed by atoms with van der Waals surface area (Å²) in [6.45, 7) is 0.691. The lowest BCUT2D eigenvalue weighted by Crippen LogP contribution is -2.14. The highest BCUT2D eigenvalue weighted by Crippen LogP contribution is 2.25. The Hall–Kier alpha value is -4.19. The molecule has 3 N–H and O–H groups in total. The molecule has 3 aromatic carbocycles. The molecule has 6 heteroatoms. The Balaban J connectivity index is 1.54. The molecule has 0 aliphatic heterocycles. The molecule has 148 valence electrons. The lowest BCUT2D eigenvalue weighted by atomic mass is 9.98. The smallest absolute Gasteiger partial charge is 0.256 e. The van der Waals surface area contributed by atoms with Crippen molar-refractivity contribution in [2.45, 2.75) is 6.54 Å². The number of hydrogen-bond donors (Lipinski definition) is 2. The van der Waals surface area contributed by atoms with E-state index in [4.69, 9.17) is 5.73 Å². The highest BCUT2D eigenvalue weighted by atomic mass is 16.2. The fourth-order valence-electron chi connectivity index (χ4n) is 3.22. The van der Waals surface area contributed by atoms with Crippen molar-refractivity contribution in [2.75, 3.05) is 5.32 Å². The number of amides is 2. The second-order valence-electron chi connectivity index (χ2n) is 6.84. The van der Waals surface area contributed by atoms with E-state index < -0.39 is 5.91 Å². The van der Waals surface area contributed by atoms with Crippen LogP contribution in [-0.2, 0) is 6.54 Å². The van der Waals surface area contributed by atoms with Crippen LogP contribution in [0.25, 0.3) is 11.1 Å². The van der Waals surface area contributed by atoms with E-state index >= 15 is 0 Å². The molecule has 0 fully saturated rings. The Morgan fingerprint density at radius 2 is 1.63 bits per heavy atom. The van der Waals surface area contributed by atoms with Crippen LogP contribution in [0.3, 0.4) is 0 Å². The van der Waals surface area contributed by atoms with E-state index in [0.717, 1.165) is 16.7 Å². The first-order chi connectivity index (χ1) is 14.6. The molecule has 4 rings (SSSR count). The van der Waals surface area contributed by atoms with E-state index in [2.05, 4.69) is 10.4 Å². The van der Waals surface area contributed by atoms with E-state index in [9.17, 15) is 9.59 Å². The van der Waals surface area contributed by atoms with Gasteiger partial charge in [0.15, 0.2) is 0 Å². The fraction of sp³-hybridized carbons (Fsp3) is 0.0417. The second-order valence-corrected chi connectivity index (χ2v) is 6.84. The van der Waals surface area contributed by atoms with E-state index in [0.29, 0.717) is 23.4 Å². The molecular formula is C24H20N4O2. The zero-order valence-corrected chi connectivity index (χ0v) is 16.2. The summed E-state index contributed by atoms with van der Waals surface area (Å²) in [5, 5.41) is 7.10. The van der Waals surface area contributed by atoms with E-state index in [1.165, 1.54) is 0 Å². The molecule has 2 amide bonds. The summed E-state index contributed by atoms with van der Waals surface area (Å²) in [6.07, 6.45) is 3.67. The van der Waals surface area contributed by atoms with Gasteiger partial charge in [-0.15, -0.1) is 0 Å². The third kappa shape index (κ3) is 4.28. The summed E-state index contributed by atoms with van der Waals surface area (Å²) in [6, 6.07) is 23.9. The number of primary amides is 1. The molecule has 0 spiro atoms. The van der Waals surface area contributed by atoms with Crippen molar-refractivity contribution in [3.63, 3.8) is 0 Å². The van der Waals surface area contributed by atoms with Crippen molar-refractivity contribution in [1.29, 1.82) is 0 Å². The number of carbonyl (C=O) groups excluding carboxylic acids is 2. The normalized spacial score (nSPS) is 10.5. The van der Waals surface area contributed by atoms with Crippen molar-refractivity contribution >= 4 is 17.5 Å². The average molecular weight is 396 g/mol. The van der Waals surface area contributed by atoms with Gasteiger partial charge in [0.2, 0.25) is 5.91 Å². The summed E-state index contributed by atoms with van der Waals surface area (Å²) < 4.78 is 1.86. The van der Waals surface area contributed by atoms with Crippen molar-refractivity contribution in [3.05, 3.63) is 108 Å². The first kappa shape index (κ1) is 19.1. The van der Waals surface area contributed by atoms with Gasteiger partial charge in [0, 0.05) is 29.2 Å². The summed E-state index contributed by atoms with van der Waals surface area (Å²) in [5.41, 5.74) is 9.73. The predicted molar refractivity (Wildman–Crippen MR) is 116 cm³/mol. The maximum Gasteiger partial charge on any atom is 0.256 e. The maximum absolute atomic E-state index is 12.9. The monoisotopic (exact) mass is 396 g/mol. The Bertz CT molecular complexity index is 1160. The van der Waals surface area contributed by atoms with Gasteiger partial charge in [-0.2, -0.15) is 5.10 Å². The first-order valence-electron chi connectivity index (χ1n) is 9.47. The van der Waals surface area contributed by atoms with Crippen molar-refractivity contribution in [2.24, 2.45) is 5.73 Å². The van der Waals surface area contributed by atoms with Crippen LogP contribution in [0.1, 0.15) is 26.3 Å². The molecule has 1 heterocycles. The lowest BCUT2D eigenvalue weighted by molar-refractivity contribution is 0.0998. The molecule has 0 atom stereocenters. The van der Waals surface area contributed by atoms with Crippen LogP contribution in [0.2, 0.25) is 0 Å². The number of anilines is 1. The summed E-state index contributed by atoms with van der Waals surface area (Å²) in [5.74, 6) is -0.729. The lowest BCUT2D eigenvalue weighted by Gasteiger charge is -2.11. The highest BCUT2D eigenvalue weighted by Gasteiger charge is 2.13. The summed E-state index contributed by atoms with van der Waals surface area (Å²) in [7, 11) is 0. The van der Waals surface area contributed by atoms with Crippen molar-refractivity contribution in [3.8, 4) is 11.1 Å². The molecule has 1 aromatic heterocycles.